The molecule has 6 heteroatoms. The minimum atomic E-state index is -1.81. The summed E-state index contributed by atoms with van der Waals surface area (Å²) in [7, 11) is -1.81. The van der Waals surface area contributed by atoms with E-state index in [0.29, 0.717) is 12.1 Å². The van der Waals surface area contributed by atoms with E-state index in [1.807, 2.05) is 6.92 Å². The van der Waals surface area contributed by atoms with Gasteiger partial charge in [0.2, 0.25) is 0 Å². The number of carboxylic acids is 1. The molecule has 1 aromatic heterocycles. The maximum absolute atomic E-state index is 10.7. The highest BCUT2D eigenvalue weighted by Gasteiger charge is 2.21. The second kappa shape index (κ2) is 4.21. The number of rotatable bonds is 3. The SMILES string of the molecule is CCc1ccc(B(O)O)c(C(=O)O)n1. The quantitative estimate of drug-likeness (QED) is 0.539. The van der Waals surface area contributed by atoms with Crippen molar-refractivity contribution in [2.75, 3.05) is 0 Å². The molecule has 0 aliphatic rings. The fraction of sp³-hybridized carbons (Fsp3) is 0.250. The Morgan fingerprint density at radius 1 is 1.50 bits per heavy atom. The topological polar surface area (TPSA) is 90.7 Å². The summed E-state index contributed by atoms with van der Waals surface area (Å²) in [6, 6.07) is 2.93. The zero-order chi connectivity index (χ0) is 10.7. The average Bonchev–Trinajstić information content (AvgIpc) is 2.16. The molecule has 0 unspecified atom stereocenters. The first-order chi connectivity index (χ1) is 6.56. The zero-order valence-corrected chi connectivity index (χ0v) is 7.64. The molecule has 74 valence electrons. The minimum Gasteiger partial charge on any atom is -0.477 e. The standard InChI is InChI=1S/C8H10BNO4/c1-2-5-3-4-6(9(13)14)7(10-5)8(11)12/h3-4,13-14H,2H2,1H3,(H,11,12). The first-order valence-corrected chi connectivity index (χ1v) is 4.15. The van der Waals surface area contributed by atoms with Crippen LogP contribution < -0.4 is 5.46 Å². The van der Waals surface area contributed by atoms with E-state index >= 15 is 0 Å². The molecule has 3 N–H and O–H groups in total. The first-order valence-electron chi connectivity index (χ1n) is 4.15. The number of carboxylic acid groups (broad SMARTS) is 1. The number of aryl methyl sites for hydroxylation is 1. The summed E-state index contributed by atoms with van der Waals surface area (Å²) in [5, 5.41) is 26.5. The molecule has 1 aromatic rings. The summed E-state index contributed by atoms with van der Waals surface area (Å²) in [6.45, 7) is 1.84. The van der Waals surface area contributed by atoms with Gasteiger partial charge in [-0.1, -0.05) is 13.0 Å². The van der Waals surface area contributed by atoms with Crippen LogP contribution in [0.5, 0.6) is 0 Å². The fourth-order valence-corrected chi connectivity index (χ4v) is 1.09. The van der Waals surface area contributed by atoms with Gasteiger partial charge in [-0.05, 0) is 12.5 Å². The molecule has 0 aliphatic heterocycles. The Morgan fingerprint density at radius 2 is 2.14 bits per heavy atom. The van der Waals surface area contributed by atoms with Crippen molar-refractivity contribution in [3.63, 3.8) is 0 Å². The van der Waals surface area contributed by atoms with Crippen LogP contribution in [-0.4, -0.2) is 33.2 Å². The lowest BCUT2D eigenvalue weighted by atomic mass is 9.79. The Labute approximate surface area is 81.2 Å². The number of pyridine rings is 1. The molecule has 1 rings (SSSR count). The second-order valence-electron chi connectivity index (χ2n) is 2.77. The average molecular weight is 195 g/mol. The molecule has 0 bridgehead atoms. The van der Waals surface area contributed by atoms with E-state index in [1.165, 1.54) is 6.07 Å². The van der Waals surface area contributed by atoms with E-state index in [2.05, 4.69) is 4.98 Å². The first kappa shape index (κ1) is 10.7. The van der Waals surface area contributed by atoms with Gasteiger partial charge in [-0.25, -0.2) is 9.78 Å². The largest absolute Gasteiger partial charge is 0.490 e. The smallest absolute Gasteiger partial charge is 0.477 e. The van der Waals surface area contributed by atoms with Crippen molar-refractivity contribution in [2.45, 2.75) is 13.3 Å². The Morgan fingerprint density at radius 3 is 2.57 bits per heavy atom. The lowest BCUT2D eigenvalue weighted by molar-refractivity contribution is 0.0691. The summed E-state index contributed by atoms with van der Waals surface area (Å²) in [5.74, 6) is -1.26. The van der Waals surface area contributed by atoms with Crippen LogP contribution in [0.4, 0.5) is 0 Å². The summed E-state index contributed by atoms with van der Waals surface area (Å²) < 4.78 is 0. The van der Waals surface area contributed by atoms with E-state index in [9.17, 15) is 4.79 Å². The molecule has 0 fully saturated rings. The van der Waals surface area contributed by atoms with Crippen molar-refractivity contribution in [2.24, 2.45) is 0 Å². The molecule has 0 aromatic carbocycles. The van der Waals surface area contributed by atoms with Crippen molar-refractivity contribution < 1.29 is 19.9 Å². The maximum Gasteiger partial charge on any atom is 0.490 e. The van der Waals surface area contributed by atoms with Crippen LogP contribution in [0, 0.1) is 0 Å². The molecule has 14 heavy (non-hydrogen) atoms. The van der Waals surface area contributed by atoms with Crippen LogP contribution in [0.3, 0.4) is 0 Å². The summed E-state index contributed by atoms with van der Waals surface area (Å²) >= 11 is 0. The predicted molar refractivity (Wildman–Crippen MR) is 50.4 cm³/mol. The van der Waals surface area contributed by atoms with Gasteiger partial charge in [0, 0.05) is 11.2 Å². The van der Waals surface area contributed by atoms with Crippen LogP contribution in [0.25, 0.3) is 0 Å². The Bertz CT molecular complexity index is 353. The second-order valence-corrected chi connectivity index (χ2v) is 2.77. The van der Waals surface area contributed by atoms with E-state index in [4.69, 9.17) is 15.2 Å². The van der Waals surface area contributed by atoms with Crippen molar-refractivity contribution in [1.82, 2.24) is 4.98 Å². The number of hydrogen-bond acceptors (Lipinski definition) is 4. The molecule has 0 atom stereocenters. The van der Waals surface area contributed by atoms with Crippen LogP contribution in [-0.2, 0) is 6.42 Å². The molecule has 0 spiro atoms. The molecule has 0 saturated heterocycles. The van der Waals surface area contributed by atoms with E-state index in [-0.39, 0.29) is 11.2 Å². The van der Waals surface area contributed by atoms with Gasteiger partial charge in [0.15, 0.2) is 0 Å². The van der Waals surface area contributed by atoms with E-state index in [0.717, 1.165) is 0 Å². The molecule has 0 radical (unpaired) electrons. The van der Waals surface area contributed by atoms with Crippen LogP contribution in [0.1, 0.15) is 23.1 Å². The van der Waals surface area contributed by atoms with E-state index in [1.54, 1.807) is 6.07 Å². The van der Waals surface area contributed by atoms with Crippen molar-refractivity contribution in [1.29, 1.82) is 0 Å². The van der Waals surface area contributed by atoms with E-state index < -0.39 is 13.1 Å². The van der Waals surface area contributed by atoms with Gasteiger partial charge in [0.25, 0.3) is 0 Å². The highest BCUT2D eigenvalue weighted by atomic mass is 16.4. The van der Waals surface area contributed by atoms with Crippen molar-refractivity contribution in [3.8, 4) is 0 Å². The van der Waals surface area contributed by atoms with Gasteiger partial charge in [0.05, 0.1) is 0 Å². The molecular weight excluding hydrogens is 185 g/mol. The minimum absolute atomic E-state index is 0.0882. The number of carbonyl (C=O) groups is 1. The predicted octanol–water partition coefficient (Wildman–Crippen LogP) is -0.978. The molecule has 0 saturated carbocycles. The van der Waals surface area contributed by atoms with Gasteiger partial charge in [-0.2, -0.15) is 0 Å². The van der Waals surface area contributed by atoms with Gasteiger partial charge in [-0.15, -0.1) is 0 Å². The van der Waals surface area contributed by atoms with Crippen molar-refractivity contribution in [3.05, 3.63) is 23.5 Å². The number of aromatic nitrogens is 1. The Balaban J connectivity index is 3.24. The monoisotopic (exact) mass is 195 g/mol. The summed E-state index contributed by atoms with van der Waals surface area (Å²) in [4.78, 5) is 14.5. The normalized spacial score (nSPS) is 9.93. The lowest BCUT2D eigenvalue weighted by Crippen LogP contribution is -2.36. The highest BCUT2D eigenvalue weighted by molar-refractivity contribution is 6.60. The third-order valence-corrected chi connectivity index (χ3v) is 1.83. The van der Waals surface area contributed by atoms with Gasteiger partial charge < -0.3 is 15.2 Å². The fourth-order valence-electron chi connectivity index (χ4n) is 1.09. The summed E-state index contributed by atoms with van der Waals surface area (Å²) in [5.41, 5.74) is 0.209. The van der Waals surface area contributed by atoms with Crippen LogP contribution >= 0.6 is 0 Å². The van der Waals surface area contributed by atoms with Gasteiger partial charge in [-0.3, -0.25) is 0 Å². The van der Waals surface area contributed by atoms with Crippen LogP contribution in [0.15, 0.2) is 12.1 Å². The third kappa shape index (κ3) is 2.10. The molecular formula is C8H10BNO4. The third-order valence-electron chi connectivity index (χ3n) is 1.83. The molecule has 0 aliphatic carbocycles. The molecule has 5 nitrogen and oxygen atoms in total. The zero-order valence-electron chi connectivity index (χ0n) is 7.64. The maximum atomic E-state index is 10.7. The molecule has 0 amide bonds. The summed E-state index contributed by atoms with van der Waals surface area (Å²) in [6.07, 6.45) is 0.599. The van der Waals surface area contributed by atoms with Gasteiger partial charge in [0.1, 0.15) is 5.69 Å². The lowest BCUT2D eigenvalue weighted by Gasteiger charge is -2.05. The van der Waals surface area contributed by atoms with Crippen molar-refractivity contribution >= 4 is 18.6 Å². The van der Waals surface area contributed by atoms with Gasteiger partial charge >= 0.3 is 13.1 Å². The number of aromatic carboxylic acids is 1. The number of hydrogen-bond donors (Lipinski definition) is 3. The highest BCUT2D eigenvalue weighted by Crippen LogP contribution is 1.99. The Hall–Kier alpha value is -1.40. The number of nitrogens with zero attached hydrogens (tertiary/aromatic N) is 1. The molecule has 1 heterocycles. The van der Waals surface area contributed by atoms with Crippen LogP contribution in [0.2, 0.25) is 0 Å². The Kier molecular flexibility index (Phi) is 3.21.